The number of aliphatic hydroxyl groups excluding tert-OH is 1. The molecule has 0 bridgehead atoms. The van der Waals surface area contributed by atoms with Crippen molar-refractivity contribution in [3.05, 3.63) is 29.8 Å². The maximum atomic E-state index is 10.2. The Labute approximate surface area is 193 Å². The summed E-state index contributed by atoms with van der Waals surface area (Å²) in [5, 5.41) is 17.0. The molecule has 1 saturated heterocycles. The Bertz CT molecular complexity index is 604. The average Bonchev–Trinajstić information content (AvgIpc) is 2.66. The van der Waals surface area contributed by atoms with Crippen LogP contribution in [0.5, 0.6) is 5.75 Å². The fraction of sp³-hybridized carbons (Fsp3) is 0.682. The first-order valence-corrected chi connectivity index (χ1v) is 10.6. The average molecular weight is 518 g/mol. The zero-order valence-electron chi connectivity index (χ0n) is 18.4. The maximum Gasteiger partial charge on any atom is 0.191 e. The SMILES string of the molecule is CCNC(=NCC(O)COc1cccc(C)c1)NC1CCN(CC(C)C)CC1.I. The third kappa shape index (κ3) is 10.5. The second-order valence-electron chi connectivity index (χ2n) is 8.11. The first kappa shape index (κ1) is 26.0. The van der Waals surface area contributed by atoms with E-state index < -0.39 is 6.10 Å². The fourth-order valence-corrected chi connectivity index (χ4v) is 3.44. The lowest BCUT2D eigenvalue weighted by molar-refractivity contribution is 0.114. The molecule has 0 radical (unpaired) electrons. The Morgan fingerprint density at radius 1 is 1.31 bits per heavy atom. The van der Waals surface area contributed by atoms with Gasteiger partial charge in [-0.15, -0.1) is 24.0 Å². The second-order valence-corrected chi connectivity index (χ2v) is 8.11. The molecule has 1 aliphatic heterocycles. The number of ether oxygens (including phenoxy) is 1. The molecule has 0 saturated carbocycles. The van der Waals surface area contributed by atoms with Crippen molar-refractivity contribution in [2.24, 2.45) is 10.9 Å². The van der Waals surface area contributed by atoms with Crippen molar-refractivity contribution >= 4 is 29.9 Å². The number of benzene rings is 1. The lowest BCUT2D eigenvalue weighted by Crippen LogP contribution is -2.49. The van der Waals surface area contributed by atoms with Gasteiger partial charge in [0.2, 0.25) is 0 Å². The summed E-state index contributed by atoms with van der Waals surface area (Å²) in [6.07, 6.45) is 1.61. The minimum Gasteiger partial charge on any atom is -0.491 e. The predicted molar refractivity (Wildman–Crippen MR) is 132 cm³/mol. The summed E-state index contributed by atoms with van der Waals surface area (Å²) in [5.41, 5.74) is 1.14. The molecule has 0 spiro atoms. The van der Waals surface area contributed by atoms with Crippen LogP contribution in [0, 0.1) is 12.8 Å². The zero-order valence-corrected chi connectivity index (χ0v) is 20.7. The number of nitrogens with zero attached hydrogens (tertiary/aromatic N) is 2. The predicted octanol–water partition coefficient (Wildman–Crippen LogP) is 3.03. The van der Waals surface area contributed by atoms with E-state index in [9.17, 15) is 5.11 Å². The number of hydrogen-bond acceptors (Lipinski definition) is 4. The Kier molecular flexibility index (Phi) is 12.6. The number of piperidine rings is 1. The Balaban J connectivity index is 0.00000420. The summed E-state index contributed by atoms with van der Waals surface area (Å²) in [6.45, 7) is 13.4. The second kappa shape index (κ2) is 14.0. The number of hydrogen-bond donors (Lipinski definition) is 3. The highest BCUT2D eigenvalue weighted by atomic mass is 127. The van der Waals surface area contributed by atoms with Gasteiger partial charge >= 0.3 is 0 Å². The number of aliphatic imine (C=N–C) groups is 1. The molecule has 1 unspecified atom stereocenters. The maximum absolute atomic E-state index is 10.2. The van der Waals surface area contributed by atoms with E-state index in [1.54, 1.807) is 0 Å². The fourth-order valence-electron chi connectivity index (χ4n) is 3.44. The Hall–Kier alpha value is -1.06. The number of likely N-dealkylation sites (tertiary alicyclic amines) is 1. The van der Waals surface area contributed by atoms with E-state index in [1.165, 1.54) is 6.54 Å². The van der Waals surface area contributed by atoms with Crippen LogP contribution in [0.15, 0.2) is 29.3 Å². The molecular weight excluding hydrogens is 479 g/mol. The van der Waals surface area contributed by atoms with Gasteiger partial charge in [0.15, 0.2) is 5.96 Å². The number of nitrogens with one attached hydrogen (secondary N) is 2. The molecule has 29 heavy (non-hydrogen) atoms. The van der Waals surface area contributed by atoms with Gasteiger partial charge in [0, 0.05) is 32.2 Å². The van der Waals surface area contributed by atoms with Crippen molar-refractivity contribution in [1.29, 1.82) is 0 Å². The molecule has 7 heteroatoms. The molecule has 2 rings (SSSR count). The molecule has 1 heterocycles. The standard InChI is InChI=1S/C22H38N4O2.HI/c1-5-23-22(25-19-9-11-26(12-10-19)15-17(2)3)24-14-20(27)16-28-21-8-6-7-18(4)13-21;/h6-8,13,17,19-20,27H,5,9-12,14-16H2,1-4H3,(H2,23,24,25);1H. The normalized spacial score (nSPS) is 17.0. The first-order chi connectivity index (χ1) is 13.5. The molecule has 0 amide bonds. The summed E-state index contributed by atoms with van der Waals surface area (Å²) in [6, 6.07) is 8.28. The van der Waals surface area contributed by atoms with Crippen LogP contribution in [0.1, 0.15) is 39.2 Å². The minimum absolute atomic E-state index is 0. The number of guanidine groups is 1. The monoisotopic (exact) mass is 518 g/mol. The van der Waals surface area contributed by atoms with E-state index in [0.29, 0.717) is 18.5 Å². The quantitative estimate of drug-likeness (QED) is 0.267. The summed E-state index contributed by atoms with van der Waals surface area (Å²) in [5.74, 6) is 2.27. The van der Waals surface area contributed by atoms with Crippen molar-refractivity contribution in [2.45, 2.75) is 52.7 Å². The van der Waals surface area contributed by atoms with Gasteiger partial charge in [0.1, 0.15) is 18.5 Å². The van der Waals surface area contributed by atoms with Gasteiger partial charge in [0.05, 0.1) is 6.54 Å². The van der Waals surface area contributed by atoms with Crippen LogP contribution in [0.25, 0.3) is 0 Å². The van der Waals surface area contributed by atoms with Crippen LogP contribution in [0.3, 0.4) is 0 Å². The third-order valence-corrected chi connectivity index (χ3v) is 4.79. The van der Waals surface area contributed by atoms with E-state index in [1.807, 2.05) is 31.2 Å². The van der Waals surface area contributed by atoms with E-state index in [2.05, 4.69) is 41.3 Å². The first-order valence-electron chi connectivity index (χ1n) is 10.6. The molecule has 0 aliphatic carbocycles. The molecule has 1 atom stereocenters. The van der Waals surface area contributed by atoms with Gasteiger partial charge in [0.25, 0.3) is 0 Å². The molecule has 3 N–H and O–H groups in total. The minimum atomic E-state index is -0.635. The smallest absolute Gasteiger partial charge is 0.191 e. The summed E-state index contributed by atoms with van der Waals surface area (Å²) >= 11 is 0. The van der Waals surface area contributed by atoms with Crippen molar-refractivity contribution in [3.63, 3.8) is 0 Å². The van der Waals surface area contributed by atoms with Crippen LogP contribution in [-0.4, -0.2) is 67.4 Å². The lowest BCUT2D eigenvalue weighted by Gasteiger charge is -2.34. The summed E-state index contributed by atoms with van der Waals surface area (Å²) in [4.78, 5) is 7.10. The van der Waals surface area contributed by atoms with E-state index in [-0.39, 0.29) is 30.6 Å². The van der Waals surface area contributed by atoms with Crippen LogP contribution < -0.4 is 15.4 Å². The van der Waals surface area contributed by atoms with Crippen molar-refractivity contribution in [1.82, 2.24) is 15.5 Å². The van der Waals surface area contributed by atoms with Crippen LogP contribution in [0.4, 0.5) is 0 Å². The van der Waals surface area contributed by atoms with Gasteiger partial charge in [-0.2, -0.15) is 0 Å². The Morgan fingerprint density at radius 3 is 2.66 bits per heavy atom. The third-order valence-electron chi connectivity index (χ3n) is 4.79. The summed E-state index contributed by atoms with van der Waals surface area (Å²) < 4.78 is 5.67. The summed E-state index contributed by atoms with van der Waals surface area (Å²) in [7, 11) is 0. The number of aryl methyl sites for hydroxylation is 1. The Morgan fingerprint density at radius 2 is 2.03 bits per heavy atom. The molecule has 1 aromatic carbocycles. The molecular formula is C22H39IN4O2. The highest BCUT2D eigenvalue weighted by Gasteiger charge is 2.20. The number of aliphatic hydroxyl groups is 1. The largest absolute Gasteiger partial charge is 0.491 e. The van der Waals surface area contributed by atoms with E-state index in [0.717, 1.165) is 49.7 Å². The van der Waals surface area contributed by atoms with Crippen molar-refractivity contribution in [3.8, 4) is 5.75 Å². The number of halogens is 1. The zero-order chi connectivity index (χ0) is 20.4. The van der Waals surface area contributed by atoms with E-state index >= 15 is 0 Å². The van der Waals surface area contributed by atoms with Gasteiger partial charge in [-0.05, 0) is 50.3 Å². The van der Waals surface area contributed by atoms with Gasteiger partial charge in [-0.3, -0.25) is 4.99 Å². The van der Waals surface area contributed by atoms with E-state index in [4.69, 9.17) is 4.74 Å². The highest BCUT2D eigenvalue weighted by Crippen LogP contribution is 2.13. The van der Waals surface area contributed by atoms with Gasteiger partial charge in [-0.1, -0.05) is 26.0 Å². The molecule has 1 aliphatic rings. The molecule has 6 nitrogen and oxygen atoms in total. The van der Waals surface area contributed by atoms with Gasteiger partial charge in [-0.25, -0.2) is 0 Å². The van der Waals surface area contributed by atoms with Crippen LogP contribution >= 0.6 is 24.0 Å². The lowest BCUT2D eigenvalue weighted by atomic mass is 10.0. The van der Waals surface area contributed by atoms with Crippen LogP contribution in [-0.2, 0) is 0 Å². The van der Waals surface area contributed by atoms with Crippen LogP contribution in [0.2, 0.25) is 0 Å². The topological polar surface area (TPSA) is 69.1 Å². The highest BCUT2D eigenvalue weighted by molar-refractivity contribution is 14.0. The number of rotatable bonds is 9. The molecule has 0 aromatic heterocycles. The molecule has 1 fully saturated rings. The van der Waals surface area contributed by atoms with Crippen molar-refractivity contribution in [2.75, 3.05) is 39.3 Å². The van der Waals surface area contributed by atoms with Gasteiger partial charge < -0.3 is 25.4 Å². The molecule has 166 valence electrons. The molecule has 1 aromatic rings. The van der Waals surface area contributed by atoms with Crippen molar-refractivity contribution < 1.29 is 9.84 Å².